The summed E-state index contributed by atoms with van der Waals surface area (Å²) in [5.41, 5.74) is 0. The summed E-state index contributed by atoms with van der Waals surface area (Å²) >= 11 is 0. The molecule has 0 saturated heterocycles. The molecule has 2 aromatic heterocycles. The Bertz CT molecular complexity index is 554. The Morgan fingerprint density at radius 1 is 1.25 bits per heavy atom. The molecule has 0 unspecified atom stereocenters. The van der Waals surface area contributed by atoms with E-state index in [1.54, 1.807) is 13.2 Å². The molecule has 2 N–H and O–H groups in total. The van der Waals surface area contributed by atoms with Gasteiger partial charge < -0.3 is 19.9 Å². The molecule has 0 aliphatic carbocycles. The van der Waals surface area contributed by atoms with Gasteiger partial charge in [-0.15, -0.1) is 0 Å². The molecule has 0 fully saturated rings. The van der Waals surface area contributed by atoms with Crippen molar-refractivity contribution in [1.82, 2.24) is 24.5 Å². The van der Waals surface area contributed by atoms with E-state index in [1.165, 1.54) is 0 Å². The number of rotatable bonds is 7. The van der Waals surface area contributed by atoms with Crippen LogP contribution in [-0.4, -0.2) is 44.7 Å². The number of nitrogens with one attached hydrogen (secondary N) is 2. The second kappa shape index (κ2) is 6.69. The van der Waals surface area contributed by atoms with Crippen LogP contribution in [0.4, 0.5) is 11.9 Å². The average Bonchev–Trinajstić information content (AvgIpc) is 2.84. The van der Waals surface area contributed by atoms with Crippen molar-refractivity contribution >= 4 is 11.9 Å². The number of aryl methyl sites for hydroxylation is 1. The van der Waals surface area contributed by atoms with Gasteiger partial charge in [-0.25, -0.2) is 4.98 Å². The largest absolute Gasteiger partial charge is 0.464 e. The summed E-state index contributed by atoms with van der Waals surface area (Å²) < 4.78 is 7.29. The first-order valence-electron chi connectivity index (χ1n) is 6.49. The van der Waals surface area contributed by atoms with Crippen molar-refractivity contribution in [2.45, 2.75) is 13.3 Å². The first-order valence-corrected chi connectivity index (χ1v) is 6.49. The maximum absolute atomic E-state index is 5.30. The van der Waals surface area contributed by atoms with Crippen molar-refractivity contribution in [3.05, 3.63) is 18.2 Å². The SMILES string of the molecule is CCOc1nc(NC)nc(NCCc2nccn2C)n1. The van der Waals surface area contributed by atoms with E-state index >= 15 is 0 Å². The lowest BCUT2D eigenvalue weighted by molar-refractivity contribution is 0.312. The fraction of sp³-hybridized carbons (Fsp3) is 0.500. The van der Waals surface area contributed by atoms with Crippen LogP contribution in [0.3, 0.4) is 0 Å². The third kappa shape index (κ3) is 3.56. The number of nitrogens with zero attached hydrogens (tertiary/aromatic N) is 5. The number of hydrogen-bond donors (Lipinski definition) is 2. The van der Waals surface area contributed by atoms with Crippen molar-refractivity contribution in [3.63, 3.8) is 0 Å². The van der Waals surface area contributed by atoms with E-state index in [2.05, 4.69) is 30.6 Å². The molecule has 108 valence electrons. The third-order valence-corrected chi connectivity index (χ3v) is 2.66. The standard InChI is InChI=1S/C12H19N7O/c1-4-20-12-17-10(13-2)16-11(18-12)15-6-5-9-14-7-8-19(9)3/h7-8H,4-6H2,1-3H3,(H2,13,15,16,17,18). The van der Waals surface area contributed by atoms with E-state index in [1.807, 2.05) is 24.7 Å². The van der Waals surface area contributed by atoms with Crippen LogP contribution in [0.2, 0.25) is 0 Å². The topological polar surface area (TPSA) is 89.8 Å². The molecule has 0 atom stereocenters. The molecule has 0 aromatic carbocycles. The molecule has 0 amide bonds. The van der Waals surface area contributed by atoms with Gasteiger partial charge in [0, 0.05) is 39.5 Å². The number of ether oxygens (including phenoxy) is 1. The quantitative estimate of drug-likeness (QED) is 0.770. The molecular formula is C12H19N7O. The van der Waals surface area contributed by atoms with Gasteiger partial charge in [-0.1, -0.05) is 0 Å². The van der Waals surface area contributed by atoms with Crippen molar-refractivity contribution in [2.24, 2.45) is 7.05 Å². The van der Waals surface area contributed by atoms with Crippen molar-refractivity contribution in [2.75, 3.05) is 30.8 Å². The van der Waals surface area contributed by atoms with Crippen molar-refractivity contribution < 1.29 is 4.74 Å². The van der Waals surface area contributed by atoms with Gasteiger partial charge >= 0.3 is 6.01 Å². The molecular weight excluding hydrogens is 258 g/mol. The maximum Gasteiger partial charge on any atom is 0.323 e. The number of aromatic nitrogens is 5. The zero-order valence-corrected chi connectivity index (χ0v) is 11.9. The number of hydrogen-bond acceptors (Lipinski definition) is 7. The van der Waals surface area contributed by atoms with Crippen LogP contribution in [0.25, 0.3) is 0 Å². The highest BCUT2D eigenvalue weighted by molar-refractivity contribution is 5.35. The highest BCUT2D eigenvalue weighted by Crippen LogP contribution is 2.10. The normalized spacial score (nSPS) is 10.3. The summed E-state index contributed by atoms with van der Waals surface area (Å²) in [6, 6.07) is 0.311. The second-order valence-electron chi connectivity index (χ2n) is 4.08. The van der Waals surface area contributed by atoms with Crippen LogP contribution >= 0.6 is 0 Å². The van der Waals surface area contributed by atoms with E-state index < -0.39 is 0 Å². The first kappa shape index (κ1) is 14.0. The lowest BCUT2D eigenvalue weighted by Gasteiger charge is -2.08. The van der Waals surface area contributed by atoms with Crippen LogP contribution in [0.5, 0.6) is 6.01 Å². The Hall–Kier alpha value is -2.38. The van der Waals surface area contributed by atoms with Gasteiger partial charge in [0.1, 0.15) is 5.82 Å². The minimum atomic E-state index is 0.311. The van der Waals surface area contributed by atoms with Crippen LogP contribution < -0.4 is 15.4 Å². The molecule has 0 aliphatic heterocycles. The molecule has 8 heteroatoms. The van der Waals surface area contributed by atoms with Gasteiger partial charge in [-0.2, -0.15) is 15.0 Å². The smallest absolute Gasteiger partial charge is 0.323 e. The van der Waals surface area contributed by atoms with Crippen LogP contribution in [0.1, 0.15) is 12.7 Å². The van der Waals surface area contributed by atoms with E-state index in [-0.39, 0.29) is 0 Å². The Morgan fingerprint density at radius 3 is 2.70 bits per heavy atom. The van der Waals surface area contributed by atoms with Gasteiger partial charge in [0.05, 0.1) is 6.61 Å². The molecule has 8 nitrogen and oxygen atoms in total. The van der Waals surface area contributed by atoms with Crippen LogP contribution in [-0.2, 0) is 13.5 Å². The first-order chi connectivity index (χ1) is 9.72. The summed E-state index contributed by atoms with van der Waals surface area (Å²) in [4.78, 5) is 16.8. The van der Waals surface area contributed by atoms with Gasteiger partial charge in [0.25, 0.3) is 0 Å². The molecule has 0 spiro atoms. The summed E-state index contributed by atoms with van der Waals surface area (Å²) in [7, 11) is 3.72. The van der Waals surface area contributed by atoms with Gasteiger partial charge in [0.15, 0.2) is 0 Å². The van der Waals surface area contributed by atoms with E-state index in [9.17, 15) is 0 Å². The fourth-order valence-electron chi connectivity index (χ4n) is 1.66. The summed E-state index contributed by atoms with van der Waals surface area (Å²) in [5, 5.41) is 6.03. The van der Waals surface area contributed by atoms with Crippen LogP contribution in [0.15, 0.2) is 12.4 Å². The summed E-state index contributed by atoms with van der Waals surface area (Å²) in [6.45, 7) is 3.08. The molecule has 2 rings (SSSR count). The third-order valence-electron chi connectivity index (χ3n) is 2.66. The monoisotopic (exact) mass is 277 g/mol. The lowest BCUT2D eigenvalue weighted by Crippen LogP contribution is -2.13. The Kier molecular flexibility index (Phi) is 4.70. The highest BCUT2D eigenvalue weighted by Gasteiger charge is 2.06. The number of anilines is 2. The average molecular weight is 277 g/mol. The zero-order chi connectivity index (χ0) is 14.4. The molecule has 0 bridgehead atoms. The molecule has 2 aromatic rings. The highest BCUT2D eigenvalue weighted by atomic mass is 16.5. The van der Waals surface area contributed by atoms with Crippen molar-refractivity contribution in [3.8, 4) is 6.01 Å². The van der Waals surface area contributed by atoms with Crippen LogP contribution in [0, 0.1) is 0 Å². The molecule has 0 radical (unpaired) electrons. The summed E-state index contributed by atoms with van der Waals surface area (Å²) in [5.74, 6) is 1.97. The van der Waals surface area contributed by atoms with Crippen molar-refractivity contribution in [1.29, 1.82) is 0 Å². The van der Waals surface area contributed by atoms with Gasteiger partial charge in [-0.3, -0.25) is 0 Å². The second-order valence-corrected chi connectivity index (χ2v) is 4.08. The van der Waals surface area contributed by atoms with Gasteiger partial charge in [-0.05, 0) is 6.92 Å². The minimum Gasteiger partial charge on any atom is -0.464 e. The van der Waals surface area contributed by atoms with E-state index in [4.69, 9.17) is 4.74 Å². The predicted octanol–water partition coefficient (Wildman–Crippen LogP) is 0.700. The predicted molar refractivity (Wildman–Crippen MR) is 75.9 cm³/mol. The lowest BCUT2D eigenvalue weighted by atomic mass is 10.4. The molecule has 0 saturated carbocycles. The fourth-order valence-corrected chi connectivity index (χ4v) is 1.66. The Morgan fingerprint density at radius 2 is 2.05 bits per heavy atom. The molecule has 2 heterocycles. The van der Waals surface area contributed by atoms with E-state index in [0.29, 0.717) is 31.1 Å². The molecule has 0 aliphatic rings. The molecule has 20 heavy (non-hydrogen) atoms. The zero-order valence-electron chi connectivity index (χ0n) is 11.9. The minimum absolute atomic E-state index is 0.311. The maximum atomic E-state index is 5.30. The Balaban J connectivity index is 1.97. The van der Waals surface area contributed by atoms with Gasteiger partial charge in [0.2, 0.25) is 11.9 Å². The van der Waals surface area contributed by atoms with E-state index in [0.717, 1.165) is 12.2 Å². The summed E-state index contributed by atoms with van der Waals surface area (Å²) in [6.07, 6.45) is 4.49. The number of imidazole rings is 1. The Labute approximate surface area is 117 Å².